The van der Waals surface area contributed by atoms with Crippen molar-refractivity contribution in [2.24, 2.45) is 0 Å². The van der Waals surface area contributed by atoms with E-state index >= 15 is 0 Å². The van der Waals surface area contributed by atoms with Gasteiger partial charge in [-0.15, -0.1) is 0 Å². The smallest absolute Gasteiger partial charge is 0.270 e. The van der Waals surface area contributed by atoms with E-state index in [4.69, 9.17) is 14.6 Å². The van der Waals surface area contributed by atoms with Crippen LogP contribution >= 0.6 is 0 Å². The number of nitrogens with zero attached hydrogens (tertiary/aromatic N) is 2. The zero-order valence-electron chi connectivity index (χ0n) is 19.0. The highest BCUT2D eigenvalue weighted by atomic mass is 16.5. The molecule has 0 saturated carbocycles. The number of ether oxygens (including phenoxy) is 2. The quantitative estimate of drug-likeness (QED) is 0.425. The van der Waals surface area contributed by atoms with Gasteiger partial charge in [-0.3, -0.25) is 4.79 Å². The molecule has 1 heterocycles. The van der Waals surface area contributed by atoms with Crippen molar-refractivity contribution in [1.29, 1.82) is 0 Å². The third-order valence-corrected chi connectivity index (χ3v) is 5.45. The Labute approximate surface area is 193 Å². The first-order valence-corrected chi connectivity index (χ1v) is 10.8. The number of benzene rings is 3. The summed E-state index contributed by atoms with van der Waals surface area (Å²) in [5.41, 5.74) is 5.00. The number of nitrogens with one attached hydrogen (secondary N) is 1. The Morgan fingerprint density at radius 3 is 2.39 bits per heavy atom. The molecule has 0 unspecified atom stereocenters. The van der Waals surface area contributed by atoms with Crippen molar-refractivity contribution < 1.29 is 14.3 Å². The standard InChI is InChI=1S/C27H27N3O3/c1-19-9-11-21(12-10-19)30-25(27(31)28-16-15-20-7-5-4-6-8-20)18-24(29-30)23-14-13-22(32-2)17-26(23)33-3/h4-14,17-18H,15-16H2,1-3H3,(H,28,31). The molecule has 168 valence electrons. The maximum atomic E-state index is 13.2. The van der Waals surface area contributed by atoms with E-state index in [-0.39, 0.29) is 5.91 Å². The molecule has 6 nitrogen and oxygen atoms in total. The van der Waals surface area contributed by atoms with Crippen LogP contribution in [0.4, 0.5) is 0 Å². The van der Waals surface area contributed by atoms with Crippen molar-refractivity contribution in [2.75, 3.05) is 20.8 Å². The van der Waals surface area contributed by atoms with Crippen LogP contribution in [0.15, 0.2) is 78.9 Å². The topological polar surface area (TPSA) is 65.4 Å². The Morgan fingerprint density at radius 1 is 0.939 bits per heavy atom. The van der Waals surface area contributed by atoms with Crippen molar-refractivity contribution >= 4 is 5.91 Å². The van der Waals surface area contributed by atoms with Gasteiger partial charge in [-0.2, -0.15) is 5.10 Å². The van der Waals surface area contributed by atoms with Gasteiger partial charge in [0, 0.05) is 18.2 Å². The molecule has 0 fully saturated rings. The van der Waals surface area contributed by atoms with Crippen LogP contribution in [0, 0.1) is 6.92 Å². The van der Waals surface area contributed by atoms with Crippen molar-refractivity contribution in [3.8, 4) is 28.4 Å². The molecule has 4 aromatic rings. The van der Waals surface area contributed by atoms with E-state index in [9.17, 15) is 4.79 Å². The van der Waals surface area contributed by atoms with Gasteiger partial charge in [0.15, 0.2) is 0 Å². The molecule has 0 atom stereocenters. The van der Waals surface area contributed by atoms with Gasteiger partial charge in [-0.05, 0) is 49.2 Å². The van der Waals surface area contributed by atoms with E-state index in [2.05, 4.69) is 17.4 Å². The summed E-state index contributed by atoms with van der Waals surface area (Å²) < 4.78 is 12.5. The Kier molecular flexibility index (Phi) is 6.74. The second-order valence-electron chi connectivity index (χ2n) is 7.72. The highest BCUT2D eigenvalue weighted by Crippen LogP contribution is 2.33. The van der Waals surface area contributed by atoms with Gasteiger partial charge in [0.2, 0.25) is 0 Å². The molecule has 0 spiro atoms. The van der Waals surface area contributed by atoms with Gasteiger partial charge in [-0.25, -0.2) is 4.68 Å². The summed E-state index contributed by atoms with van der Waals surface area (Å²) in [6.45, 7) is 2.56. The average Bonchev–Trinajstić information content (AvgIpc) is 3.30. The van der Waals surface area contributed by atoms with Crippen LogP contribution in [0.5, 0.6) is 11.5 Å². The van der Waals surface area contributed by atoms with E-state index in [0.717, 1.165) is 23.2 Å². The van der Waals surface area contributed by atoms with Gasteiger partial charge < -0.3 is 14.8 Å². The van der Waals surface area contributed by atoms with Gasteiger partial charge in [0.1, 0.15) is 17.2 Å². The highest BCUT2D eigenvalue weighted by molar-refractivity contribution is 5.94. The lowest BCUT2D eigenvalue weighted by molar-refractivity contribution is 0.0946. The molecular formula is C27H27N3O3. The SMILES string of the molecule is COc1ccc(-c2cc(C(=O)NCCc3ccccc3)n(-c3ccc(C)cc3)n2)c(OC)c1. The first-order chi connectivity index (χ1) is 16.1. The van der Waals surface area contributed by atoms with Crippen molar-refractivity contribution in [1.82, 2.24) is 15.1 Å². The maximum absolute atomic E-state index is 13.2. The van der Waals surface area contributed by atoms with Crippen LogP contribution in [0.3, 0.4) is 0 Å². The molecule has 33 heavy (non-hydrogen) atoms. The molecule has 0 aliphatic rings. The summed E-state index contributed by atoms with van der Waals surface area (Å²) in [5, 5.41) is 7.80. The van der Waals surface area contributed by atoms with E-state index in [1.54, 1.807) is 31.0 Å². The van der Waals surface area contributed by atoms with E-state index in [1.165, 1.54) is 5.56 Å². The van der Waals surface area contributed by atoms with Crippen molar-refractivity contribution in [2.45, 2.75) is 13.3 Å². The van der Waals surface area contributed by atoms with Crippen LogP contribution in [0.1, 0.15) is 21.6 Å². The van der Waals surface area contributed by atoms with Gasteiger partial charge in [-0.1, -0.05) is 48.0 Å². The first kappa shape index (κ1) is 22.1. The molecule has 1 aromatic heterocycles. The molecule has 4 rings (SSSR count). The summed E-state index contributed by atoms with van der Waals surface area (Å²) in [7, 11) is 3.21. The van der Waals surface area contributed by atoms with Gasteiger partial charge >= 0.3 is 0 Å². The van der Waals surface area contributed by atoms with Crippen molar-refractivity contribution in [3.05, 3.63) is 95.7 Å². The Morgan fingerprint density at radius 2 is 1.70 bits per heavy atom. The fourth-order valence-electron chi connectivity index (χ4n) is 3.62. The monoisotopic (exact) mass is 441 g/mol. The number of methoxy groups -OCH3 is 2. The van der Waals surface area contributed by atoms with Crippen LogP contribution in [0.2, 0.25) is 0 Å². The first-order valence-electron chi connectivity index (χ1n) is 10.8. The normalized spacial score (nSPS) is 10.6. The van der Waals surface area contributed by atoms with E-state index < -0.39 is 0 Å². The Balaban J connectivity index is 1.67. The molecule has 3 aromatic carbocycles. The third-order valence-electron chi connectivity index (χ3n) is 5.45. The lowest BCUT2D eigenvalue weighted by atomic mass is 10.1. The summed E-state index contributed by atoms with van der Waals surface area (Å²) in [6.07, 6.45) is 0.754. The zero-order valence-corrected chi connectivity index (χ0v) is 19.0. The molecular weight excluding hydrogens is 414 g/mol. The second kappa shape index (κ2) is 10.0. The van der Waals surface area contributed by atoms with E-state index in [1.807, 2.05) is 61.5 Å². The number of carbonyl (C=O) groups is 1. The summed E-state index contributed by atoms with van der Waals surface area (Å²) in [5.74, 6) is 1.13. The lowest BCUT2D eigenvalue weighted by Gasteiger charge is -2.09. The number of aromatic nitrogens is 2. The third kappa shape index (κ3) is 5.06. The number of hydrogen-bond donors (Lipinski definition) is 1. The van der Waals surface area contributed by atoms with Gasteiger partial charge in [0.25, 0.3) is 5.91 Å². The Hall–Kier alpha value is -4.06. The van der Waals surface area contributed by atoms with Crippen LogP contribution in [-0.4, -0.2) is 36.5 Å². The molecule has 0 saturated heterocycles. The highest BCUT2D eigenvalue weighted by Gasteiger charge is 2.19. The molecule has 1 N–H and O–H groups in total. The zero-order chi connectivity index (χ0) is 23.2. The summed E-state index contributed by atoms with van der Waals surface area (Å²) in [6, 6.07) is 25.3. The predicted molar refractivity (Wildman–Crippen MR) is 129 cm³/mol. The minimum Gasteiger partial charge on any atom is -0.497 e. The largest absolute Gasteiger partial charge is 0.497 e. The Bertz CT molecular complexity index is 1230. The minimum absolute atomic E-state index is 0.183. The molecule has 0 aliphatic heterocycles. The van der Waals surface area contributed by atoms with Crippen LogP contribution in [-0.2, 0) is 6.42 Å². The fourth-order valence-corrected chi connectivity index (χ4v) is 3.62. The average molecular weight is 442 g/mol. The number of hydrogen-bond acceptors (Lipinski definition) is 4. The van der Waals surface area contributed by atoms with Crippen LogP contribution < -0.4 is 14.8 Å². The maximum Gasteiger partial charge on any atom is 0.270 e. The second-order valence-corrected chi connectivity index (χ2v) is 7.72. The summed E-state index contributed by atoms with van der Waals surface area (Å²) >= 11 is 0. The molecule has 6 heteroatoms. The number of aryl methyl sites for hydroxylation is 1. The fraction of sp³-hybridized carbons (Fsp3) is 0.185. The minimum atomic E-state index is -0.183. The molecule has 0 radical (unpaired) electrons. The summed E-state index contributed by atoms with van der Waals surface area (Å²) in [4.78, 5) is 13.2. The number of amides is 1. The van der Waals surface area contributed by atoms with Gasteiger partial charge in [0.05, 0.1) is 25.6 Å². The van der Waals surface area contributed by atoms with E-state index in [0.29, 0.717) is 29.4 Å². The number of rotatable bonds is 8. The molecule has 0 aliphatic carbocycles. The lowest BCUT2D eigenvalue weighted by Crippen LogP contribution is -2.27. The molecule has 1 amide bonds. The predicted octanol–water partition coefficient (Wildman–Crippen LogP) is 4.84. The van der Waals surface area contributed by atoms with Crippen molar-refractivity contribution in [3.63, 3.8) is 0 Å². The number of carbonyl (C=O) groups excluding carboxylic acids is 1. The molecule has 0 bridgehead atoms. The van der Waals surface area contributed by atoms with Crippen LogP contribution in [0.25, 0.3) is 16.9 Å².